The van der Waals surface area contributed by atoms with Gasteiger partial charge in [-0.1, -0.05) is 6.07 Å². The van der Waals surface area contributed by atoms with E-state index in [2.05, 4.69) is 10.6 Å². The van der Waals surface area contributed by atoms with Crippen LogP contribution in [0.5, 0.6) is 0 Å². The van der Waals surface area contributed by atoms with Gasteiger partial charge < -0.3 is 10.6 Å². The van der Waals surface area contributed by atoms with Crippen LogP contribution >= 0.6 is 0 Å². The lowest BCUT2D eigenvalue weighted by molar-refractivity contribution is -0.120. The van der Waals surface area contributed by atoms with Gasteiger partial charge in [-0.3, -0.25) is 4.79 Å². The van der Waals surface area contributed by atoms with E-state index in [0.29, 0.717) is 6.54 Å². The number of anilines is 1. The zero-order chi connectivity index (χ0) is 15.5. The molecule has 1 saturated heterocycles. The highest BCUT2D eigenvalue weighted by atomic mass is 32.2. The topological polar surface area (TPSA) is 75.3 Å². The van der Waals surface area contributed by atoms with Crippen molar-refractivity contribution < 1.29 is 22.0 Å². The second-order valence-electron chi connectivity index (χ2n) is 4.87. The molecule has 0 bridgehead atoms. The molecule has 0 aromatic heterocycles. The maximum atomic E-state index is 12.5. The maximum Gasteiger partial charge on any atom is 0.341 e. The molecule has 0 aliphatic carbocycles. The summed E-state index contributed by atoms with van der Waals surface area (Å²) in [5.41, 5.74) is 0.201. The number of alkyl halides is 2. The van der Waals surface area contributed by atoms with E-state index in [-0.39, 0.29) is 17.5 Å². The number of carbonyl (C=O) groups excluding carboxylic acids is 1. The average Bonchev–Trinajstić information content (AvgIpc) is 2.48. The second kappa shape index (κ2) is 6.48. The van der Waals surface area contributed by atoms with Crippen LogP contribution in [0.25, 0.3) is 0 Å². The molecule has 1 amide bonds. The van der Waals surface area contributed by atoms with Gasteiger partial charge in [0.1, 0.15) is 0 Å². The Morgan fingerprint density at radius 3 is 2.76 bits per heavy atom. The van der Waals surface area contributed by atoms with Crippen molar-refractivity contribution in [3.63, 3.8) is 0 Å². The Bertz CT molecular complexity index is 614. The molecule has 2 rings (SSSR count). The molecule has 21 heavy (non-hydrogen) atoms. The number of amides is 1. The van der Waals surface area contributed by atoms with Gasteiger partial charge in [0.2, 0.25) is 15.7 Å². The van der Waals surface area contributed by atoms with Crippen LogP contribution in [0, 0.1) is 5.92 Å². The lowest BCUT2D eigenvalue weighted by Crippen LogP contribution is -2.37. The number of hydrogen-bond donors (Lipinski definition) is 2. The van der Waals surface area contributed by atoms with Crippen molar-refractivity contribution in [3.8, 4) is 0 Å². The number of benzene rings is 1. The number of nitrogens with one attached hydrogen (secondary N) is 2. The molecule has 1 fully saturated rings. The minimum atomic E-state index is -4.66. The number of halogens is 2. The van der Waals surface area contributed by atoms with Crippen LogP contribution in [0.15, 0.2) is 29.2 Å². The third-order valence-electron chi connectivity index (χ3n) is 3.33. The van der Waals surface area contributed by atoms with Crippen LogP contribution in [0.2, 0.25) is 0 Å². The Labute approximate surface area is 121 Å². The van der Waals surface area contributed by atoms with Gasteiger partial charge in [-0.05, 0) is 37.6 Å². The predicted molar refractivity (Wildman–Crippen MR) is 73.9 cm³/mol. The summed E-state index contributed by atoms with van der Waals surface area (Å²) in [5.74, 6) is -3.92. The molecule has 1 unspecified atom stereocenters. The molecule has 1 aromatic rings. The first-order chi connectivity index (χ1) is 9.91. The highest BCUT2D eigenvalue weighted by molar-refractivity contribution is 7.91. The molecule has 0 spiro atoms. The van der Waals surface area contributed by atoms with Crippen LogP contribution in [0.4, 0.5) is 14.5 Å². The van der Waals surface area contributed by atoms with E-state index in [1.165, 1.54) is 12.1 Å². The first kappa shape index (κ1) is 15.8. The number of piperidine rings is 1. The fraction of sp³-hybridized carbons (Fsp3) is 0.462. The average molecular weight is 318 g/mol. The van der Waals surface area contributed by atoms with Crippen molar-refractivity contribution in [2.45, 2.75) is 23.5 Å². The molecular weight excluding hydrogens is 302 g/mol. The van der Waals surface area contributed by atoms with E-state index in [1.807, 2.05) is 0 Å². The molecule has 2 N–H and O–H groups in total. The van der Waals surface area contributed by atoms with Crippen LogP contribution in [-0.4, -0.2) is 33.2 Å². The first-order valence-electron chi connectivity index (χ1n) is 6.55. The SMILES string of the molecule is O=C(Nc1cccc(S(=O)(=O)C(F)F)c1)C1CCCNC1. The molecule has 1 aliphatic rings. The van der Waals surface area contributed by atoms with E-state index < -0.39 is 20.5 Å². The Kier molecular flexibility index (Phi) is 4.89. The zero-order valence-electron chi connectivity index (χ0n) is 11.2. The fourth-order valence-corrected chi connectivity index (χ4v) is 2.94. The minimum Gasteiger partial charge on any atom is -0.326 e. The third kappa shape index (κ3) is 3.76. The molecule has 0 radical (unpaired) electrons. The van der Waals surface area contributed by atoms with Gasteiger partial charge in [0.05, 0.1) is 10.8 Å². The molecule has 1 heterocycles. The molecule has 1 aromatic carbocycles. The lowest BCUT2D eigenvalue weighted by atomic mass is 9.99. The van der Waals surface area contributed by atoms with Gasteiger partial charge in [0, 0.05) is 12.2 Å². The van der Waals surface area contributed by atoms with Crippen molar-refractivity contribution >= 4 is 21.4 Å². The Hall–Kier alpha value is -1.54. The van der Waals surface area contributed by atoms with Gasteiger partial charge in [0.25, 0.3) is 0 Å². The molecular formula is C13H16F2N2O3S. The fourth-order valence-electron chi connectivity index (χ4n) is 2.17. The molecule has 8 heteroatoms. The van der Waals surface area contributed by atoms with Crippen LogP contribution < -0.4 is 10.6 Å². The Balaban J connectivity index is 2.13. The smallest absolute Gasteiger partial charge is 0.326 e. The van der Waals surface area contributed by atoms with E-state index in [1.54, 1.807) is 0 Å². The Morgan fingerprint density at radius 1 is 1.38 bits per heavy atom. The largest absolute Gasteiger partial charge is 0.341 e. The molecule has 1 atom stereocenters. The summed E-state index contributed by atoms with van der Waals surface area (Å²) in [6.07, 6.45) is 1.63. The quantitative estimate of drug-likeness (QED) is 0.884. The second-order valence-corrected chi connectivity index (χ2v) is 6.78. The van der Waals surface area contributed by atoms with E-state index in [9.17, 15) is 22.0 Å². The third-order valence-corrected chi connectivity index (χ3v) is 4.71. The molecule has 116 valence electrons. The van der Waals surface area contributed by atoms with Crippen molar-refractivity contribution in [1.29, 1.82) is 0 Å². The summed E-state index contributed by atoms with van der Waals surface area (Å²) in [6, 6.07) is 4.93. The van der Waals surface area contributed by atoms with Crippen molar-refractivity contribution in [2.75, 3.05) is 18.4 Å². The zero-order valence-corrected chi connectivity index (χ0v) is 12.0. The summed E-state index contributed by atoms with van der Waals surface area (Å²) < 4.78 is 47.8. The van der Waals surface area contributed by atoms with E-state index >= 15 is 0 Å². The molecule has 0 saturated carbocycles. The first-order valence-corrected chi connectivity index (χ1v) is 8.09. The van der Waals surface area contributed by atoms with E-state index in [0.717, 1.165) is 31.5 Å². The number of sulfone groups is 1. The number of hydrogen-bond acceptors (Lipinski definition) is 4. The van der Waals surface area contributed by atoms with Gasteiger partial charge in [-0.2, -0.15) is 8.78 Å². The normalized spacial score (nSPS) is 19.5. The van der Waals surface area contributed by atoms with Gasteiger partial charge in [-0.15, -0.1) is 0 Å². The number of rotatable bonds is 4. The standard InChI is InChI=1S/C13H16F2N2O3S/c14-13(15)21(19,20)11-5-1-4-10(7-11)17-12(18)9-3-2-6-16-8-9/h1,4-5,7,9,13,16H,2-3,6,8H2,(H,17,18). The summed E-state index contributed by atoms with van der Waals surface area (Å²) in [4.78, 5) is 11.5. The molecule has 5 nitrogen and oxygen atoms in total. The highest BCUT2D eigenvalue weighted by Gasteiger charge is 2.27. The van der Waals surface area contributed by atoms with Gasteiger partial charge in [-0.25, -0.2) is 8.42 Å². The lowest BCUT2D eigenvalue weighted by Gasteiger charge is -2.22. The van der Waals surface area contributed by atoms with Crippen molar-refractivity contribution in [1.82, 2.24) is 5.32 Å². The van der Waals surface area contributed by atoms with E-state index in [4.69, 9.17) is 0 Å². The minimum absolute atomic E-state index is 0.200. The van der Waals surface area contributed by atoms with Crippen molar-refractivity contribution in [2.24, 2.45) is 5.92 Å². The van der Waals surface area contributed by atoms with Gasteiger partial charge >= 0.3 is 5.76 Å². The highest BCUT2D eigenvalue weighted by Crippen LogP contribution is 2.22. The summed E-state index contributed by atoms with van der Waals surface area (Å²) in [7, 11) is -4.66. The van der Waals surface area contributed by atoms with Crippen LogP contribution in [0.3, 0.4) is 0 Å². The monoisotopic (exact) mass is 318 g/mol. The maximum absolute atomic E-state index is 12.5. The Morgan fingerprint density at radius 2 is 2.14 bits per heavy atom. The van der Waals surface area contributed by atoms with Crippen molar-refractivity contribution in [3.05, 3.63) is 24.3 Å². The summed E-state index contributed by atoms with van der Waals surface area (Å²) >= 11 is 0. The number of carbonyl (C=O) groups is 1. The van der Waals surface area contributed by atoms with Crippen LogP contribution in [0.1, 0.15) is 12.8 Å². The predicted octanol–water partition coefficient (Wildman–Crippen LogP) is 1.62. The summed E-state index contributed by atoms with van der Waals surface area (Å²) in [5, 5.41) is 5.67. The molecule has 1 aliphatic heterocycles. The summed E-state index contributed by atoms with van der Waals surface area (Å²) in [6.45, 7) is 1.42. The van der Waals surface area contributed by atoms with Gasteiger partial charge in [0.15, 0.2) is 0 Å². The van der Waals surface area contributed by atoms with Crippen LogP contribution in [-0.2, 0) is 14.6 Å².